The lowest BCUT2D eigenvalue weighted by Crippen LogP contribution is -2.70. The number of hydrogen-bond donors (Lipinski definition) is 2. The van der Waals surface area contributed by atoms with Crippen LogP contribution in [0.25, 0.3) is 10.8 Å². The number of nitro groups is 1. The van der Waals surface area contributed by atoms with Crippen molar-refractivity contribution in [3.8, 4) is 17.2 Å². The molecule has 1 amide bonds. The van der Waals surface area contributed by atoms with E-state index in [2.05, 4.69) is 30.9 Å². The Morgan fingerprint density at radius 1 is 0.942 bits per heavy atom. The molecule has 1 saturated carbocycles. The number of benzene rings is 5. The molecular formula is C55H61N3O10S. The lowest BCUT2D eigenvalue weighted by atomic mass is 9.55. The number of thioether (sulfide) groups is 1. The molecule has 6 atom stereocenters. The molecule has 0 saturated heterocycles. The van der Waals surface area contributed by atoms with Gasteiger partial charge in [0.25, 0.3) is 5.69 Å². The summed E-state index contributed by atoms with van der Waals surface area (Å²) in [5, 5.41) is 38.4. The van der Waals surface area contributed by atoms with Crippen LogP contribution in [0.4, 0.5) is 10.5 Å². The van der Waals surface area contributed by atoms with Gasteiger partial charge in [0.05, 0.1) is 36.3 Å². The number of oxime groups is 1. The SMILES string of the molecule is C=CCO[C@@]12Oc3ccc(OCCSc4ccccc4)cc3[C@H]3[C@H](CCCCO)[C@@H](CCCCO)C=C(C(=NOCC)C[C@@H]1N(Cc1cccc4ccccc14)C(=O)Oc1ccc([N+](=O)[O-])cc1)[C@H]32. The van der Waals surface area contributed by atoms with Crippen molar-refractivity contribution < 1.29 is 43.7 Å². The average Bonchev–Trinajstić information content (AvgIpc) is 3.37. The molecule has 1 fully saturated rings. The van der Waals surface area contributed by atoms with E-state index in [-0.39, 0.29) is 62.0 Å². The second-order valence-corrected chi connectivity index (χ2v) is 18.8. The van der Waals surface area contributed by atoms with Gasteiger partial charge >= 0.3 is 6.09 Å². The number of aliphatic hydroxyl groups is 2. The minimum atomic E-state index is -1.55. The highest BCUT2D eigenvalue weighted by atomic mass is 32.2. The van der Waals surface area contributed by atoms with Gasteiger partial charge in [0, 0.05) is 53.9 Å². The van der Waals surface area contributed by atoms with E-state index in [9.17, 15) is 20.3 Å². The van der Waals surface area contributed by atoms with E-state index in [1.165, 1.54) is 24.3 Å². The highest BCUT2D eigenvalue weighted by Gasteiger charge is 2.66. The maximum Gasteiger partial charge on any atom is 0.416 e. The number of nitro benzene ring substituents is 1. The van der Waals surface area contributed by atoms with Crippen molar-refractivity contribution in [3.63, 3.8) is 0 Å². The number of amides is 1. The molecule has 8 rings (SSSR count). The Bertz CT molecular complexity index is 2600. The number of allylic oxidation sites excluding steroid dienone is 1. The summed E-state index contributed by atoms with van der Waals surface area (Å²) in [4.78, 5) is 35.1. The van der Waals surface area contributed by atoms with Crippen LogP contribution in [0.5, 0.6) is 17.2 Å². The normalized spacial score (nSPS) is 21.9. The highest BCUT2D eigenvalue weighted by Crippen LogP contribution is 2.62. The van der Waals surface area contributed by atoms with Crippen LogP contribution >= 0.6 is 11.8 Å². The molecule has 3 aliphatic rings. The molecule has 0 bridgehead atoms. The minimum Gasteiger partial charge on any atom is -0.493 e. The Balaban J connectivity index is 1.30. The van der Waals surface area contributed by atoms with E-state index in [1.54, 1.807) is 22.7 Å². The second-order valence-electron chi connectivity index (χ2n) is 17.6. The van der Waals surface area contributed by atoms with Crippen molar-refractivity contribution in [2.75, 3.05) is 38.8 Å². The third-order valence-electron chi connectivity index (χ3n) is 13.4. The molecular weight excluding hydrogens is 895 g/mol. The first-order chi connectivity index (χ1) is 33.8. The molecule has 5 aromatic carbocycles. The molecule has 362 valence electrons. The van der Waals surface area contributed by atoms with Crippen molar-refractivity contribution in [1.29, 1.82) is 0 Å². The fourth-order valence-corrected chi connectivity index (χ4v) is 11.2. The zero-order chi connectivity index (χ0) is 48.2. The molecule has 2 N–H and O–H groups in total. The molecule has 14 heteroatoms. The number of carbonyl (C=O) groups is 1. The van der Waals surface area contributed by atoms with Crippen LogP contribution in [0.3, 0.4) is 0 Å². The lowest BCUT2D eigenvalue weighted by Gasteiger charge is -2.59. The van der Waals surface area contributed by atoms with Gasteiger partial charge in [-0.3, -0.25) is 15.0 Å². The maximum absolute atomic E-state index is 15.3. The number of non-ortho nitro benzene ring substituents is 1. The van der Waals surface area contributed by atoms with E-state index in [4.69, 9.17) is 28.9 Å². The number of ether oxygens (including phenoxy) is 4. The summed E-state index contributed by atoms with van der Waals surface area (Å²) >= 11 is 1.73. The van der Waals surface area contributed by atoms with Crippen LogP contribution in [0, 0.1) is 27.9 Å². The third kappa shape index (κ3) is 11.2. The Labute approximate surface area is 407 Å². The summed E-state index contributed by atoms with van der Waals surface area (Å²) in [5.41, 5.74) is 3.23. The molecule has 0 spiro atoms. The van der Waals surface area contributed by atoms with Gasteiger partial charge in [-0.2, -0.15) is 0 Å². The van der Waals surface area contributed by atoms with Gasteiger partial charge in [-0.1, -0.05) is 90.8 Å². The second kappa shape index (κ2) is 23.4. The number of fused-ring (bicyclic) bond motifs is 3. The molecule has 0 radical (unpaired) electrons. The predicted molar refractivity (Wildman–Crippen MR) is 268 cm³/mol. The van der Waals surface area contributed by atoms with Crippen LogP contribution < -0.4 is 14.2 Å². The Kier molecular flexibility index (Phi) is 16.7. The summed E-state index contributed by atoms with van der Waals surface area (Å²) in [6.45, 7) is 7.03. The van der Waals surface area contributed by atoms with Gasteiger partial charge in [0.2, 0.25) is 5.79 Å². The molecule has 1 aliphatic heterocycles. The van der Waals surface area contributed by atoms with Crippen LogP contribution in [-0.4, -0.2) is 82.5 Å². The Morgan fingerprint density at radius 2 is 1.68 bits per heavy atom. The monoisotopic (exact) mass is 955 g/mol. The number of rotatable bonds is 23. The fourth-order valence-electron chi connectivity index (χ4n) is 10.4. The number of aliphatic hydroxyl groups excluding tert-OH is 2. The number of carbonyl (C=O) groups excluding carboxylic acids is 1. The standard InChI is InChI=1S/C55H61N3O10S/c1-3-31-65-55-51(57(37-40-18-14-17-38-15-8-9-21-45(38)40)54(61)67-42-25-23-41(24-26-42)58(62)63)36-49(56-66-4-2)47-34-39(16-10-12-29-59)46(22-11-13-30-60)52(53(47)55)48-35-43(27-28-50(48)68-55)64-32-33-69-44-19-6-5-7-20-44/h3,5-9,14-15,17-21,23-28,34-35,39,46,51-53,59-60H,1,4,10-13,16,22,29-33,36-37H2,2H3/t39-,46+,51-,52+,53+,55+/m0/s1. The van der Waals surface area contributed by atoms with Gasteiger partial charge in [-0.15, -0.1) is 18.3 Å². The van der Waals surface area contributed by atoms with Crippen molar-refractivity contribution in [2.24, 2.45) is 22.9 Å². The molecule has 69 heavy (non-hydrogen) atoms. The Hall–Kier alpha value is -6.19. The number of nitrogens with zero attached hydrogens (tertiary/aromatic N) is 3. The fraction of sp³-hybridized carbons (Fsp3) is 0.382. The van der Waals surface area contributed by atoms with Gasteiger partial charge in [-0.25, -0.2) is 4.79 Å². The third-order valence-corrected chi connectivity index (χ3v) is 14.4. The lowest BCUT2D eigenvalue weighted by molar-refractivity contribution is -0.384. The molecule has 13 nitrogen and oxygen atoms in total. The van der Waals surface area contributed by atoms with E-state index < -0.39 is 28.8 Å². The highest BCUT2D eigenvalue weighted by molar-refractivity contribution is 7.99. The summed E-state index contributed by atoms with van der Waals surface area (Å²) in [6, 6.07) is 34.7. The van der Waals surface area contributed by atoms with Gasteiger partial charge in [0.1, 0.15) is 29.9 Å². The Morgan fingerprint density at radius 3 is 2.43 bits per heavy atom. The van der Waals surface area contributed by atoms with E-state index in [1.807, 2.05) is 79.7 Å². The quantitative estimate of drug-likeness (QED) is 0.0211. The van der Waals surface area contributed by atoms with Gasteiger partial charge in [0.15, 0.2) is 0 Å². The van der Waals surface area contributed by atoms with E-state index in [0.29, 0.717) is 43.3 Å². The molecule has 2 aliphatic carbocycles. The first-order valence-electron chi connectivity index (χ1n) is 24.0. The summed E-state index contributed by atoms with van der Waals surface area (Å²) in [7, 11) is 0. The van der Waals surface area contributed by atoms with Gasteiger partial charge in [-0.05, 0) is 109 Å². The first-order valence-corrected chi connectivity index (χ1v) is 25.0. The maximum atomic E-state index is 15.3. The largest absolute Gasteiger partial charge is 0.493 e. The average molecular weight is 956 g/mol. The van der Waals surface area contributed by atoms with E-state index >= 15 is 4.79 Å². The summed E-state index contributed by atoms with van der Waals surface area (Å²) < 4.78 is 27.3. The minimum absolute atomic E-state index is 0.00732. The van der Waals surface area contributed by atoms with Crippen molar-refractivity contribution in [1.82, 2.24) is 4.90 Å². The van der Waals surface area contributed by atoms with Crippen LogP contribution in [0.2, 0.25) is 0 Å². The zero-order valence-electron chi connectivity index (χ0n) is 39.0. The van der Waals surface area contributed by atoms with Gasteiger partial charge < -0.3 is 34.0 Å². The van der Waals surface area contributed by atoms with Crippen LogP contribution in [0.1, 0.15) is 68.9 Å². The van der Waals surface area contributed by atoms with Crippen LogP contribution in [-0.2, 0) is 16.1 Å². The summed E-state index contributed by atoms with van der Waals surface area (Å²) in [6.07, 6.45) is 7.86. The molecule has 1 heterocycles. The van der Waals surface area contributed by atoms with Crippen molar-refractivity contribution in [3.05, 3.63) is 161 Å². The zero-order valence-corrected chi connectivity index (χ0v) is 39.8. The summed E-state index contributed by atoms with van der Waals surface area (Å²) in [5.74, 6) is -0.152. The number of hydrogen-bond acceptors (Lipinski definition) is 12. The molecule has 5 aromatic rings. The smallest absolute Gasteiger partial charge is 0.416 e. The number of unbranched alkanes of at least 4 members (excludes halogenated alkanes) is 2. The van der Waals surface area contributed by atoms with Crippen molar-refractivity contribution in [2.45, 2.75) is 81.1 Å². The topological polar surface area (TPSA) is 162 Å². The molecule has 0 unspecified atom stereocenters. The first kappa shape index (κ1) is 49.2. The predicted octanol–water partition coefficient (Wildman–Crippen LogP) is 11.3. The van der Waals surface area contributed by atoms with Crippen LogP contribution in [0.15, 0.2) is 150 Å². The van der Waals surface area contributed by atoms with Crippen molar-refractivity contribution >= 4 is 40.0 Å². The van der Waals surface area contributed by atoms with E-state index in [0.717, 1.165) is 63.8 Å². The molecule has 0 aromatic heterocycles.